The highest BCUT2D eigenvalue weighted by molar-refractivity contribution is 5.85. The number of hydrogen-bond donors (Lipinski definition) is 3. The van der Waals surface area contributed by atoms with Gasteiger partial charge in [-0.1, -0.05) is 6.07 Å². The molecule has 0 amide bonds. The zero-order chi connectivity index (χ0) is 9.84. The van der Waals surface area contributed by atoms with E-state index in [1.807, 2.05) is 0 Å². The minimum Gasteiger partial charge on any atom is -0.506 e. The second kappa shape index (κ2) is 3.62. The van der Waals surface area contributed by atoms with Crippen molar-refractivity contribution in [2.75, 3.05) is 5.73 Å². The Balaban J connectivity index is 2.92. The Kier molecular flexibility index (Phi) is 2.54. The minimum absolute atomic E-state index is 0.00697. The van der Waals surface area contributed by atoms with Crippen molar-refractivity contribution >= 4 is 17.7 Å². The molecule has 1 rings (SSSR count). The molecule has 13 heavy (non-hydrogen) atoms. The van der Waals surface area contributed by atoms with Crippen LogP contribution in [-0.4, -0.2) is 16.2 Å². The molecule has 0 aromatic heterocycles. The van der Waals surface area contributed by atoms with E-state index in [0.29, 0.717) is 5.56 Å². The third-order valence-corrected chi connectivity index (χ3v) is 1.47. The monoisotopic (exact) mass is 179 g/mol. The standard InChI is InChI=1S/C9H9NO3/c10-7-5-6(1-3-8(7)11)2-4-9(12)13/h1-5,11H,10H2,(H,12,13). The number of phenols is 1. The number of nitrogen functional groups attached to an aromatic ring is 1. The SMILES string of the molecule is Nc1cc(C=CC(=O)O)ccc1O. The van der Waals surface area contributed by atoms with Crippen LogP contribution in [0.25, 0.3) is 6.08 Å². The third kappa shape index (κ3) is 2.52. The van der Waals surface area contributed by atoms with Crippen LogP contribution in [0.1, 0.15) is 5.56 Å². The molecule has 4 N–H and O–H groups in total. The summed E-state index contributed by atoms with van der Waals surface area (Å²) < 4.78 is 0. The fourth-order valence-corrected chi connectivity index (χ4v) is 0.844. The van der Waals surface area contributed by atoms with E-state index in [2.05, 4.69) is 0 Å². The lowest BCUT2D eigenvalue weighted by atomic mass is 10.2. The van der Waals surface area contributed by atoms with Crippen LogP contribution < -0.4 is 5.73 Å². The Morgan fingerprint density at radius 1 is 1.46 bits per heavy atom. The van der Waals surface area contributed by atoms with Gasteiger partial charge in [-0.3, -0.25) is 0 Å². The van der Waals surface area contributed by atoms with Gasteiger partial charge in [0.25, 0.3) is 0 Å². The zero-order valence-corrected chi connectivity index (χ0v) is 6.77. The van der Waals surface area contributed by atoms with Crippen LogP contribution in [0.3, 0.4) is 0 Å². The van der Waals surface area contributed by atoms with E-state index in [-0.39, 0.29) is 11.4 Å². The van der Waals surface area contributed by atoms with Gasteiger partial charge in [-0.05, 0) is 23.8 Å². The molecule has 68 valence electrons. The van der Waals surface area contributed by atoms with Crippen LogP contribution in [0, 0.1) is 0 Å². The summed E-state index contributed by atoms with van der Waals surface area (Å²) in [5.41, 5.74) is 6.26. The summed E-state index contributed by atoms with van der Waals surface area (Å²) in [7, 11) is 0. The Bertz CT molecular complexity index is 358. The number of aliphatic carboxylic acids is 1. The largest absolute Gasteiger partial charge is 0.506 e. The summed E-state index contributed by atoms with van der Waals surface area (Å²) in [4.78, 5) is 10.2. The molecule has 0 aliphatic carbocycles. The number of benzene rings is 1. The van der Waals surface area contributed by atoms with Gasteiger partial charge in [0.05, 0.1) is 5.69 Å². The molecule has 0 heterocycles. The van der Waals surface area contributed by atoms with Crippen molar-refractivity contribution in [3.63, 3.8) is 0 Å². The molecule has 0 saturated carbocycles. The van der Waals surface area contributed by atoms with Gasteiger partial charge >= 0.3 is 5.97 Å². The number of phenolic OH excluding ortho intramolecular Hbond substituents is 1. The Hall–Kier alpha value is -1.97. The molecular formula is C9H9NO3. The minimum atomic E-state index is -1.02. The van der Waals surface area contributed by atoms with Crippen LogP contribution in [-0.2, 0) is 4.79 Å². The summed E-state index contributed by atoms with van der Waals surface area (Å²) in [5, 5.41) is 17.4. The molecule has 1 aromatic rings. The number of carboxylic acid groups (broad SMARTS) is 1. The molecule has 0 radical (unpaired) electrons. The topological polar surface area (TPSA) is 83.6 Å². The van der Waals surface area contributed by atoms with E-state index in [1.165, 1.54) is 18.2 Å². The first-order chi connectivity index (χ1) is 6.09. The van der Waals surface area contributed by atoms with Gasteiger partial charge in [-0.2, -0.15) is 0 Å². The van der Waals surface area contributed by atoms with Crippen LogP contribution in [0.2, 0.25) is 0 Å². The van der Waals surface area contributed by atoms with Gasteiger partial charge in [0.15, 0.2) is 0 Å². The summed E-state index contributed by atoms with van der Waals surface area (Å²) in [6.07, 6.45) is 2.41. The second-order valence-corrected chi connectivity index (χ2v) is 2.49. The van der Waals surface area contributed by atoms with Gasteiger partial charge in [0.2, 0.25) is 0 Å². The summed E-state index contributed by atoms with van der Waals surface area (Å²) in [6.45, 7) is 0. The average molecular weight is 179 g/mol. The maximum absolute atomic E-state index is 10.2. The van der Waals surface area contributed by atoms with E-state index in [4.69, 9.17) is 15.9 Å². The molecule has 4 heteroatoms. The molecular weight excluding hydrogens is 170 g/mol. The zero-order valence-electron chi connectivity index (χ0n) is 6.77. The molecule has 4 nitrogen and oxygen atoms in total. The fourth-order valence-electron chi connectivity index (χ4n) is 0.844. The first-order valence-corrected chi connectivity index (χ1v) is 3.59. The van der Waals surface area contributed by atoms with Crippen molar-refractivity contribution in [1.29, 1.82) is 0 Å². The van der Waals surface area contributed by atoms with Gasteiger partial charge < -0.3 is 15.9 Å². The summed E-state index contributed by atoms with van der Waals surface area (Å²) in [5.74, 6) is -1.03. The van der Waals surface area contributed by atoms with Crippen molar-refractivity contribution < 1.29 is 15.0 Å². The van der Waals surface area contributed by atoms with Crippen molar-refractivity contribution in [2.24, 2.45) is 0 Å². The quantitative estimate of drug-likeness (QED) is 0.360. The van der Waals surface area contributed by atoms with E-state index in [1.54, 1.807) is 6.07 Å². The van der Waals surface area contributed by atoms with Crippen LogP contribution >= 0.6 is 0 Å². The highest BCUT2D eigenvalue weighted by Crippen LogP contribution is 2.20. The van der Waals surface area contributed by atoms with E-state index in [0.717, 1.165) is 6.08 Å². The molecule has 0 aliphatic rings. The lowest BCUT2D eigenvalue weighted by Gasteiger charge is -1.98. The highest BCUT2D eigenvalue weighted by Gasteiger charge is 1.96. The lowest BCUT2D eigenvalue weighted by Crippen LogP contribution is -1.88. The summed E-state index contributed by atoms with van der Waals surface area (Å²) in [6, 6.07) is 4.48. The number of anilines is 1. The molecule has 0 bridgehead atoms. The number of aromatic hydroxyl groups is 1. The molecule has 0 aliphatic heterocycles. The average Bonchev–Trinajstić information content (AvgIpc) is 2.07. The number of nitrogens with two attached hydrogens (primary N) is 1. The smallest absolute Gasteiger partial charge is 0.328 e. The maximum Gasteiger partial charge on any atom is 0.328 e. The van der Waals surface area contributed by atoms with Gasteiger partial charge in [-0.15, -0.1) is 0 Å². The van der Waals surface area contributed by atoms with E-state index < -0.39 is 5.97 Å². The second-order valence-electron chi connectivity index (χ2n) is 2.49. The summed E-state index contributed by atoms with van der Waals surface area (Å²) >= 11 is 0. The number of rotatable bonds is 2. The highest BCUT2D eigenvalue weighted by atomic mass is 16.4. The lowest BCUT2D eigenvalue weighted by molar-refractivity contribution is -0.131. The van der Waals surface area contributed by atoms with Crippen LogP contribution in [0.4, 0.5) is 5.69 Å². The van der Waals surface area contributed by atoms with E-state index >= 15 is 0 Å². The fraction of sp³-hybridized carbons (Fsp3) is 0. The van der Waals surface area contributed by atoms with Crippen LogP contribution in [0.5, 0.6) is 5.75 Å². The first-order valence-electron chi connectivity index (χ1n) is 3.59. The third-order valence-electron chi connectivity index (χ3n) is 1.47. The molecule has 0 saturated heterocycles. The molecule has 0 spiro atoms. The number of carboxylic acids is 1. The Morgan fingerprint density at radius 2 is 2.15 bits per heavy atom. The molecule has 0 fully saturated rings. The van der Waals surface area contributed by atoms with Crippen molar-refractivity contribution in [3.05, 3.63) is 29.8 Å². The molecule has 0 unspecified atom stereocenters. The Labute approximate surface area is 74.9 Å². The van der Waals surface area contributed by atoms with Gasteiger partial charge in [-0.25, -0.2) is 4.79 Å². The normalized spacial score (nSPS) is 10.5. The Morgan fingerprint density at radius 3 is 2.69 bits per heavy atom. The van der Waals surface area contributed by atoms with Crippen LogP contribution in [0.15, 0.2) is 24.3 Å². The predicted molar refractivity (Wildman–Crippen MR) is 49.2 cm³/mol. The molecule has 1 aromatic carbocycles. The van der Waals surface area contributed by atoms with Crippen molar-refractivity contribution in [2.45, 2.75) is 0 Å². The first kappa shape index (κ1) is 9.12. The number of carbonyl (C=O) groups is 1. The van der Waals surface area contributed by atoms with Gasteiger partial charge in [0, 0.05) is 6.08 Å². The van der Waals surface area contributed by atoms with Crippen molar-refractivity contribution in [1.82, 2.24) is 0 Å². The predicted octanol–water partition coefficient (Wildman–Crippen LogP) is 1.07. The van der Waals surface area contributed by atoms with Crippen molar-refractivity contribution in [3.8, 4) is 5.75 Å². The maximum atomic E-state index is 10.2. The molecule has 0 atom stereocenters. The number of hydrogen-bond acceptors (Lipinski definition) is 3. The van der Waals surface area contributed by atoms with E-state index in [9.17, 15) is 4.79 Å². The van der Waals surface area contributed by atoms with Gasteiger partial charge in [0.1, 0.15) is 5.75 Å².